The van der Waals surface area contributed by atoms with Crippen LogP contribution in [0.1, 0.15) is 42.5 Å². The van der Waals surface area contributed by atoms with Crippen LogP contribution in [0.4, 0.5) is 11.4 Å². The van der Waals surface area contributed by atoms with Crippen molar-refractivity contribution in [3.8, 4) is 22.3 Å². The molecular formula is C46H37NS. The van der Waals surface area contributed by atoms with Crippen molar-refractivity contribution in [2.75, 3.05) is 4.90 Å². The minimum atomic E-state index is 1.05. The van der Waals surface area contributed by atoms with E-state index in [0.717, 1.165) is 38.5 Å². The third kappa shape index (κ3) is 5.27. The molecule has 0 bridgehead atoms. The van der Waals surface area contributed by atoms with Crippen molar-refractivity contribution in [2.45, 2.75) is 38.5 Å². The zero-order valence-electron chi connectivity index (χ0n) is 27.0. The molecule has 0 amide bonds. The van der Waals surface area contributed by atoms with E-state index in [9.17, 15) is 0 Å². The Morgan fingerprint density at radius 2 is 1.29 bits per heavy atom. The summed E-state index contributed by atoms with van der Waals surface area (Å²) in [6.45, 7) is 0. The number of benzene rings is 5. The molecule has 3 aliphatic carbocycles. The average molecular weight is 636 g/mol. The first-order chi connectivity index (χ1) is 23.8. The highest BCUT2D eigenvalue weighted by atomic mass is 32.1. The molecule has 3 aliphatic rings. The van der Waals surface area contributed by atoms with E-state index in [4.69, 9.17) is 0 Å². The molecule has 0 fully saturated rings. The lowest BCUT2D eigenvalue weighted by Crippen LogP contribution is -2.16. The van der Waals surface area contributed by atoms with Crippen molar-refractivity contribution in [3.05, 3.63) is 173 Å². The molecule has 0 radical (unpaired) electrons. The summed E-state index contributed by atoms with van der Waals surface area (Å²) in [7, 11) is 0. The van der Waals surface area contributed by atoms with Gasteiger partial charge in [-0.3, -0.25) is 0 Å². The Morgan fingerprint density at radius 3 is 2.10 bits per heavy atom. The summed E-state index contributed by atoms with van der Waals surface area (Å²) in [4.78, 5) is 3.90. The number of fused-ring (bicyclic) bond motifs is 4. The van der Waals surface area contributed by atoms with Gasteiger partial charge in [-0.25, -0.2) is 0 Å². The largest absolute Gasteiger partial charge is 0.311 e. The van der Waals surface area contributed by atoms with E-state index in [2.05, 4.69) is 157 Å². The summed E-state index contributed by atoms with van der Waals surface area (Å²) in [5.41, 5.74) is 13.0. The number of hydrogen-bond acceptors (Lipinski definition) is 2. The maximum Gasteiger partial charge on any atom is 0.0467 e. The van der Waals surface area contributed by atoms with E-state index in [0.29, 0.717) is 0 Å². The molecule has 48 heavy (non-hydrogen) atoms. The minimum absolute atomic E-state index is 1.05. The molecule has 5 aromatic carbocycles. The van der Waals surface area contributed by atoms with E-state index in [-0.39, 0.29) is 0 Å². The van der Waals surface area contributed by atoms with Gasteiger partial charge in [-0.1, -0.05) is 115 Å². The number of allylic oxidation sites excluding steroid dienone is 9. The van der Waals surface area contributed by atoms with Gasteiger partial charge in [0.2, 0.25) is 0 Å². The van der Waals surface area contributed by atoms with Gasteiger partial charge in [-0.05, 0) is 130 Å². The first kappa shape index (κ1) is 29.0. The molecule has 0 atom stereocenters. The second-order valence-corrected chi connectivity index (χ2v) is 14.0. The Kier molecular flexibility index (Phi) is 7.52. The van der Waals surface area contributed by atoms with Crippen LogP contribution in [0.5, 0.6) is 0 Å². The standard InChI is InChI=1S/C46H37NS/c1-3-14-33(15-4-1)41-23-11-25-43-44-26-12-24-42(46(44)48-45(41)43)37-18-10-22-40(31-37)47(38-19-5-2-6-20-38)39-21-9-17-35(30-39)36-28-27-32-13-7-8-16-34(32)29-36/h3,5,7-10,12-24,26-31H,1-2,4,6,11,25H2. The quantitative estimate of drug-likeness (QED) is 0.176. The molecule has 0 aliphatic heterocycles. The molecular weight excluding hydrogens is 599 g/mol. The number of aryl methyl sites for hydroxylation is 1. The van der Waals surface area contributed by atoms with E-state index >= 15 is 0 Å². The summed E-state index contributed by atoms with van der Waals surface area (Å²) in [5.74, 6) is 0. The normalized spacial score (nSPS) is 15.6. The number of thiophene rings is 1. The molecule has 0 saturated carbocycles. The first-order valence-corrected chi connectivity index (χ1v) is 18.1. The SMILES string of the molecule is C1=CC(C2=CCCc3c2sc2c(-c4cccc(N(C5=CCCC=C5)c5cccc(-c6ccc7ccccc7c6)c5)c4)cccc32)=CCC1. The third-order valence-corrected chi connectivity index (χ3v) is 11.3. The van der Waals surface area contributed by atoms with Gasteiger partial charge in [0.05, 0.1) is 0 Å². The lowest BCUT2D eigenvalue weighted by Gasteiger charge is -2.28. The maximum atomic E-state index is 2.47. The minimum Gasteiger partial charge on any atom is -0.311 e. The summed E-state index contributed by atoms with van der Waals surface area (Å²) in [5, 5.41) is 3.95. The van der Waals surface area contributed by atoms with Crippen LogP contribution in [0.25, 0.3) is 48.7 Å². The number of hydrogen-bond donors (Lipinski definition) is 0. The Labute approximate surface area is 287 Å². The molecule has 232 valence electrons. The Bertz CT molecular complexity index is 2360. The second-order valence-electron chi connectivity index (χ2n) is 13.0. The Morgan fingerprint density at radius 1 is 0.542 bits per heavy atom. The molecule has 1 nitrogen and oxygen atoms in total. The molecule has 2 heteroatoms. The average Bonchev–Trinajstić information content (AvgIpc) is 3.55. The van der Waals surface area contributed by atoms with Crippen LogP contribution in [-0.4, -0.2) is 0 Å². The van der Waals surface area contributed by atoms with Crippen LogP contribution >= 0.6 is 11.3 Å². The molecule has 9 rings (SSSR count). The maximum absolute atomic E-state index is 2.47. The summed E-state index contributed by atoms with van der Waals surface area (Å²) in [6, 6.07) is 40.5. The van der Waals surface area contributed by atoms with E-state index in [1.807, 2.05) is 11.3 Å². The van der Waals surface area contributed by atoms with Crippen LogP contribution in [-0.2, 0) is 6.42 Å². The van der Waals surface area contributed by atoms with Crippen molar-refractivity contribution in [3.63, 3.8) is 0 Å². The molecule has 0 spiro atoms. The first-order valence-electron chi connectivity index (χ1n) is 17.3. The molecule has 0 saturated heterocycles. The lowest BCUT2D eigenvalue weighted by molar-refractivity contribution is 0.990. The highest BCUT2D eigenvalue weighted by Crippen LogP contribution is 2.47. The summed E-state index contributed by atoms with van der Waals surface area (Å²) < 4.78 is 1.40. The van der Waals surface area contributed by atoms with Crippen LogP contribution in [0.15, 0.2) is 163 Å². The number of nitrogens with zero attached hydrogens (tertiary/aromatic N) is 1. The van der Waals surface area contributed by atoms with Gasteiger partial charge >= 0.3 is 0 Å². The van der Waals surface area contributed by atoms with Crippen molar-refractivity contribution < 1.29 is 0 Å². The van der Waals surface area contributed by atoms with Crippen molar-refractivity contribution >= 4 is 49.1 Å². The van der Waals surface area contributed by atoms with Crippen LogP contribution in [0.2, 0.25) is 0 Å². The fourth-order valence-corrected chi connectivity index (χ4v) is 9.05. The van der Waals surface area contributed by atoms with Crippen molar-refractivity contribution in [1.29, 1.82) is 0 Å². The smallest absolute Gasteiger partial charge is 0.0467 e. The summed E-state index contributed by atoms with van der Waals surface area (Å²) in [6.07, 6.45) is 23.2. The fourth-order valence-electron chi connectivity index (χ4n) is 7.60. The van der Waals surface area contributed by atoms with Crippen molar-refractivity contribution in [1.82, 2.24) is 0 Å². The van der Waals surface area contributed by atoms with Gasteiger partial charge in [-0.2, -0.15) is 0 Å². The highest BCUT2D eigenvalue weighted by molar-refractivity contribution is 7.21. The second kappa shape index (κ2) is 12.4. The molecule has 1 aromatic heterocycles. The predicted molar refractivity (Wildman–Crippen MR) is 208 cm³/mol. The van der Waals surface area contributed by atoms with Gasteiger partial charge in [0.15, 0.2) is 0 Å². The molecule has 1 heterocycles. The van der Waals surface area contributed by atoms with Crippen LogP contribution in [0.3, 0.4) is 0 Å². The van der Waals surface area contributed by atoms with Crippen LogP contribution in [0, 0.1) is 0 Å². The third-order valence-electron chi connectivity index (χ3n) is 9.95. The predicted octanol–water partition coefficient (Wildman–Crippen LogP) is 13.4. The summed E-state index contributed by atoms with van der Waals surface area (Å²) >= 11 is 1.98. The fraction of sp³-hybridized carbons (Fsp3) is 0.130. The number of rotatable bonds is 6. The van der Waals surface area contributed by atoms with Gasteiger partial charge < -0.3 is 4.90 Å². The monoisotopic (exact) mass is 635 g/mol. The van der Waals surface area contributed by atoms with Crippen molar-refractivity contribution in [2.24, 2.45) is 0 Å². The van der Waals surface area contributed by atoms with Gasteiger partial charge in [-0.15, -0.1) is 11.3 Å². The van der Waals surface area contributed by atoms with Gasteiger partial charge in [0.1, 0.15) is 0 Å². The number of anilines is 2. The van der Waals surface area contributed by atoms with Crippen LogP contribution < -0.4 is 4.90 Å². The highest BCUT2D eigenvalue weighted by Gasteiger charge is 2.23. The van der Waals surface area contributed by atoms with Gasteiger partial charge in [0.25, 0.3) is 0 Å². The van der Waals surface area contributed by atoms with E-state index < -0.39 is 0 Å². The Balaban J connectivity index is 1.14. The topological polar surface area (TPSA) is 3.24 Å². The zero-order valence-corrected chi connectivity index (χ0v) is 27.8. The molecule has 0 unspecified atom stereocenters. The zero-order chi connectivity index (χ0) is 31.9. The lowest BCUT2D eigenvalue weighted by atomic mass is 9.89. The van der Waals surface area contributed by atoms with E-state index in [1.165, 1.54) is 81.8 Å². The molecule has 0 N–H and O–H groups in total. The Hall–Kier alpha value is -5.18. The molecule has 6 aromatic rings. The van der Waals surface area contributed by atoms with Gasteiger partial charge in [0, 0.05) is 26.6 Å². The van der Waals surface area contributed by atoms with E-state index in [1.54, 1.807) is 0 Å².